The first-order chi connectivity index (χ1) is 6.93. The van der Waals surface area contributed by atoms with Crippen molar-refractivity contribution >= 4 is 5.97 Å². The number of hydrogen-bond donors (Lipinski definition) is 3. The molecular formula is C10H12FNO3. The molecule has 2 unspecified atom stereocenters. The number of hydrogen-bond acceptors (Lipinski definition) is 3. The van der Waals surface area contributed by atoms with Gasteiger partial charge in [0.25, 0.3) is 0 Å². The predicted octanol–water partition coefficient (Wildman–Crippen LogP) is 0.579. The van der Waals surface area contributed by atoms with Crippen molar-refractivity contribution in [3.63, 3.8) is 0 Å². The number of carbonyl (C=O) groups is 1. The SMILES string of the molecule is Cc1cc(C(O)C(N)C(=O)O)ccc1F. The molecule has 2 atom stereocenters. The quantitative estimate of drug-likeness (QED) is 0.685. The summed E-state index contributed by atoms with van der Waals surface area (Å²) < 4.78 is 12.9. The second kappa shape index (κ2) is 4.37. The van der Waals surface area contributed by atoms with Gasteiger partial charge in [0.05, 0.1) is 0 Å². The number of carboxylic acids is 1. The monoisotopic (exact) mass is 213 g/mol. The molecule has 1 rings (SSSR count). The van der Waals surface area contributed by atoms with Crippen LogP contribution in [0.2, 0.25) is 0 Å². The number of aliphatic hydroxyl groups excluding tert-OH is 1. The van der Waals surface area contributed by atoms with Crippen molar-refractivity contribution in [2.24, 2.45) is 5.73 Å². The summed E-state index contributed by atoms with van der Waals surface area (Å²) in [7, 11) is 0. The van der Waals surface area contributed by atoms with E-state index in [-0.39, 0.29) is 0 Å². The van der Waals surface area contributed by atoms with E-state index in [1.165, 1.54) is 25.1 Å². The number of benzene rings is 1. The fourth-order valence-electron chi connectivity index (χ4n) is 1.19. The van der Waals surface area contributed by atoms with Gasteiger partial charge in [0, 0.05) is 0 Å². The van der Waals surface area contributed by atoms with Gasteiger partial charge in [-0.1, -0.05) is 12.1 Å². The summed E-state index contributed by atoms with van der Waals surface area (Å²) >= 11 is 0. The molecule has 0 aliphatic carbocycles. The Balaban J connectivity index is 2.96. The normalized spacial score (nSPS) is 14.7. The minimum atomic E-state index is -1.41. The highest BCUT2D eigenvalue weighted by Crippen LogP contribution is 2.18. The van der Waals surface area contributed by atoms with Gasteiger partial charge in [-0.3, -0.25) is 4.79 Å². The molecule has 0 radical (unpaired) electrons. The lowest BCUT2D eigenvalue weighted by Gasteiger charge is -2.15. The smallest absolute Gasteiger partial charge is 0.323 e. The summed E-state index contributed by atoms with van der Waals surface area (Å²) in [6.45, 7) is 1.53. The number of halogens is 1. The summed E-state index contributed by atoms with van der Waals surface area (Å²) in [6.07, 6.45) is -1.33. The molecule has 4 N–H and O–H groups in total. The Hall–Kier alpha value is -1.46. The van der Waals surface area contributed by atoms with E-state index < -0.39 is 23.9 Å². The minimum Gasteiger partial charge on any atom is -0.480 e. The van der Waals surface area contributed by atoms with Gasteiger partial charge < -0.3 is 15.9 Å². The van der Waals surface area contributed by atoms with Gasteiger partial charge >= 0.3 is 5.97 Å². The average Bonchev–Trinajstić information content (AvgIpc) is 2.19. The van der Waals surface area contributed by atoms with E-state index >= 15 is 0 Å². The number of aliphatic carboxylic acids is 1. The first-order valence-electron chi connectivity index (χ1n) is 4.36. The Bertz CT molecular complexity index is 381. The summed E-state index contributed by atoms with van der Waals surface area (Å²) in [6, 6.07) is 2.45. The molecule has 82 valence electrons. The molecular weight excluding hydrogens is 201 g/mol. The third-order valence-corrected chi connectivity index (χ3v) is 2.15. The van der Waals surface area contributed by atoms with Crippen molar-refractivity contribution in [3.8, 4) is 0 Å². The van der Waals surface area contributed by atoms with Crippen molar-refractivity contribution in [2.45, 2.75) is 19.1 Å². The molecule has 0 aromatic heterocycles. The second-order valence-electron chi connectivity index (χ2n) is 3.32. The van der Waals surface area contributed by atoms with Crippen molar-refractivity contribution in [2.75, 3.05) is 0 Å². The molecule has 0 saturated heterocycles. The van der Waals surface area contributed by atoms with Gasteiger partial charge in [0.1, 0.15) is 18.0 Å². The van der Waals surface area contributed by atoms with E-state index in [4.69, 9.17) is 10.8 Å². The molecule has 0 spiro atoms. The van der Waals surface area contributed by atoms with Crippen LogP contribution in [0.25, 0.3) is 0 Å². The summed E-state index contributed by atoms with van der Waals surface area (Å²) in [4.78, 5) is 10.5. The van der Waals surface area contributed by atoms with Crippen LogP contribution in [-0.4, -0.2) is 22.2 Å². The minimum absolute atomic E-state index is 0.295. The lowest BCUT2D eigenvalue weighted by molar-refractivity contribution is -0.141. The Morgan fingerprint density at radius 2 is 2.13 bits per heavy atom. The van der Waals surface area contributed by atoms with Gasteiger partial charge in [-0.2, -0.15) is 0 Å². The Morgan fingerprint density at radius 1 is 1.53 bits per heavy atom. The molecule has 1 aromatic rings. The highest BCUT2D eigenvalue weighted by molar-refractivity contribution is 5.74. The van der Waals surface area contributed by atoms with Crippen LogP contribution >= 0.6 is 0 Å². The maximum absolute atomic E-state index is 12.9. The Kier molecular flexibility index (Phi) is 3.39. The first kappa shape index (κ1) is 11.6. The molecule has 1 aromatic carbocycles. The van der Waals surface area contributed by atoms with Gasteiger partial charge in [-0.15, -0.1) is 0 Å². The second-order valence-corrected chi connectivity index (χ2v) is 3.32. The number of aryl methyl sites for hydroxylation is 1. The highest BCUT2D eigenvalue weighted by Gasteiger charge is 2.23. The number of nitrogens with two attached hydrogens (primary N) is 1. The van der Waals surface area contributed by atoms with Crippen LogP contribution in [0.15, 0.2) is 18.2 Å². The van der Waals surface area contributed by atoms with Crippen LogP contribution in [0, 0.1) is 12.7 Å². The molecule has 0 fully saturated rings. The van der Waals surface area contributed by atoms with E-state index in [0.717, 1.165) is 0 Å². The molecule has 0 heterocycles. The zero-order valence-corrected chi connectivity index (χ0v) is 8.14. The van der Waals surface area contributed by atoms with Crippen molar-refractivity contribution in [1.29, 1.82) is 0 Å². The molecule has 0 saturated carbocycles. The fraction of sp³-hybridized carbons (Fsp3) is 0.300. The lowest BCUT2D eigenvalue weighted by atomic mass is 10.0. The van der Waals surface area contributed by atoms with E-state index in [0.29, 0.717) is 11.1 Å². The highest BCUT2D eigenvalue weighted by atomic mass is 19.1. The summed E-state index contributed by atoms with van der Waals surface area (Å²) in [5, 5.41) is 18.1. The molecule has 4 nitrogen and oxygen atoms in total. The van der Waals surface area contributed by atoms with E-state index in [1.54, 1.807) is 0 Å². The topological polar surface area (TPSA) is 83.5 Å². The van der Waals surface area contributed by atoms with Crippen LogP contribution in [0.4, 0.5) is 4.39 Å². The van der Waals surface area contributed by atoms with Crippen LogP contribution in [-0.2, 0) is 4.79 Å². The van der Waals surface area contributed by atoms with Crippen LogP contribution in [0.3, 0.4) is 0 Å². The summed E-state index contributed by atoms with van der Waals surface area (Å²) in [5.74, 6) is -1.71. The lowest BCUT2D eigenvalue weighted by Crippen LogP contribution is -2.36. The number of carboxylic acid groups (broad SMARTS) is 1. The largest absolute Gasteiger partial charge is 0.480 e. The van der Waals surface area contributed by atoms with Gasteiger partial charge in [0.15, 0.2) is 0 Å². The Labute approximate surface area is 86.1 Å². The fourth-order valence-corrected chi connectivity index (χ4v) is 1.19. The van der Waals surface area contributed by atoms with Gasteiger partial charge in [0.2, 0.25) is 0 Å². The maximum Gasteiger partial charge on any atom is 0.323 e. The molecule has 0 bridgehead atoms. The summed E-state index contributed by atoms with van der Waals surface area (Å²) in [5.41, 5.74) is 5.87. The van der Waals surface area contributed by atoms with Crippen molar-refractivity contribution in [3.05, 3.63) is 35.1 Å². The maximum atomic E-state index is 12.9. The van der Waals surface area contributed by atoms with E-state index in [2.05, 4.69) is 0 Å². The van der Waals surface area contributed by atoms with Crippen LogP contribution in [0.1, 0.15) is 17.2 Å². The molecule has 0 amide bonds. The molecule has 0 aliphatic rings. The molecule has 5 heteroatoms. The number of aliphatic hydroxyl groups is 1. The number of rotatable bonds is 3. The standard InChI is InChI=1S/C10H12FNO3/c1-5-4-6(2-3-7(5)11)9(13)8(12)10(14)15/h2-4,8-9,13H,12H2,1H3,(H,14,15). The van der Waals surface area contributed by atoms with Crippen LogP contribution in [0.5, 0.6) is 0 Å². The van der Waals surface area contributed by atoms with Crippen LogP contribution < -0.4 is 5.73 Å². The van der Waals surface area contributed by atoms with E-state index in [9.17, 15) is 14.3 Å². The predicted molar refractivity (Wildman–Crippen MR) is 51.7 cm³/mol. The third kappa shape index (κ3) is 2.51. The van der Waals surface area contributed by atoms with Crippen molar-refractivity contribution in [1.82, 2.24) is 0 Å². The first-order valence-corrected chi connectivity index (χ1v) is 4.36. The average molecular weight is 213 g/mol. The zero-order chi connectivity index (χ0) is 11.6. The van der Waals surface area contributed by atoms with Gasteiger partial charge in [-0.05, 0) is 24.1 Å². The third-order valence-electron chi connectivity index (χ3n) is 2.15. The van der Waals surface area contributed by atoms with Gasteiger partial charge in [-0.25, -0.2) is 4.39 Å². The molecule has 0 aliphatic heterocycles. The molecule has 15 heavy (non-hydrogen) atoms. The van der Waals surface area contributed by atoms with E-state index in [1.807, 2.05) is 0 Å². The zero-order valence-electron chi connectivity index (χ0n) is 8.14. The Morgan fingerprint density at radius 3 is 2.60 bits per heavy atom. The van der Waals surface area contributed by atoms with Crippen molar-refractivity contribution < 1.29 is 19.4 Å².